The smallest absolute Gasteiger partial charge is 0.415 e. The number of cyclic esters (lactones) is 1. The van der Waals surface area contributed by atoms with Crippen LogP contribution in [0.5, 0.6) is 5.88 Å². The topological polar surface area (TPSA) is 116 Å². The molecule has 1 N–H and O–H groups in total. The highest BCUT2D eigenvalue weighted by atomic mass is 19.1. The first-order valence-electron chi connectivity index (χ1n) is 11.9. The van der Waals surface area contributed by atoms with Crippen molar-refractivity contribution >= 4 is 28.6 Å². The van der Waals surface area contributed by atoms with Crippen LogP contribution >= 0.6 is 0 Å². The van der Waals surface area contributed by atoms with Gasteiger partial charge in [-0.1, -0.05) is 0 Å². The molecule has 10 nitrogen and oxygen atoms in total. The standard InChI is InChI=1S/C25H26FN5O5/c1-2-30-22(33)6-4-15-3-5-19(26)18(23(15)30)8-10-27-9-7-17-13-31(25(34)36-17)21-12-28-24-20(29-21)11-16(32)14-35-24/h3-6,12,17,27H,2,7-11,13-14H2,1H3/t17-/m0/s1. The Balaban J connectivity index is 1.16. The van der Waals surface area contributed by atoms with E-state index in [0.29, 0.717) is 67.5 Å². The van der Waals surface area contributed by atoms with Gasteiger partial charge in [-0.2, -0.15) is 0 Å². The maximum Gasteiger partial charge on any atom is 0.415 e. The fraction of sp³-hybridized carbons (Fsp3) is 0.400. The Morgan fingerprint density at radius 1 is 1.17 bits per heavy atom. The molecule has 4 heterocycles. The third kappa shape index (κ3) is 4.66. The van der Waals surface area contributed by atoms with Gasteiger partial charge < -0.3 is 19.4 Å². The molecule has 1 amide bonds. The SMILES string of the molecule is CCn1c(=O)ccc2ccc(F)c(CCNCC[C@H]3CN(c4cnc5c(n4)CC(=O)CO5)C(=O)O3)c21. The summed E-state index contributed by atoms with van der Waals surface area (Å²) in [4.78, 5) is 46.2. The van der Waals surface area contributed by atoms with Crippen LogP contribution in [-0.4, -0.2) is 58.8 Å². The number of benzene rings is 1. The van der Waals surface area contributed by atoms with Crippen molar-refractivity contribution in [3.05, 3.63) is 57.9 Å². The summed E-state index contributed by atoms with van der Waals surface area (Å²) in [5.74, 6) is 0.199. The zero-order valence-electron chi connectivity index (χ0n) is 19.8. The third-order valence-corrected chi connectivity index (χ3v) is 6.39. The number of carbonyl (C=O) groups is 2. The lowest BCUT2D eigenvalue weighted by Gasteiger charge is -2.17. The molecule has 0 saturated carbocycles. The van der Waals surface area contributed by atoms with Gasteiger partial charge in [-0.25, -0.2) is 19.2 Å². The van der Waals surface area contributed by atoms with Crippen LogP contribution in [0.3, 0.4) is 0 Å². The minimum absolute atomic E-state index is 0.0206. The van der Waals surface area contributed by atoms with Crippen LogP contribution in [0, 0.1) is 5.82 Å². The number of aromatic nitrogens is 3. The normalized spacial score (nSPS) is 17.3. The van der Waals surface area contributed by atoms with Crippen LogP contribution < -0.4 is 20.5 Å². The zero-order chi connectivity index (χ0) is 25.2. The molecule has 0 bridgehead atoms. The van der Waals surface area contributed by atoms with E-state index in [1.807, 2.05) is 6.92 Å². The summed E-state index contributed by atoms with van der Waals surface area (Å²) in [5.41, 5.74) is 1.40. The lowest BCUT2D eigenvalue weighted by atomic mass is 10.1. The lowest BCUT2D eigenvalue weighted by Crippen LogP contribution is -2.29. The summed E-state index contributed by atoms with van der Waals surface area (Å²) in [6.07, 6.45) is 1.66. The highest BCUT2D eigenvalue weighted by Crippen LogP contribution is 2.26. The van der Waals surface area contributed by atoms with Gasteiger partial charge in [-0.15, -0.1) is 0 Å². The largest absolute Gasteiger partial charge is 0.468 e. The molecule has 1 saturated heterocycles. The molecule has 0 unspecified atom stereocenters. The van der Waals surface area contributed by atoms with Crippen LogP contribution in [-0.2, 0) is 28.9 Å². The number of ketones is 1. The zero-order valence-corrected chi connectivity index (χ0v) is 19.8. The highest BCUT2D eigenvalue weighted by molar-refractivity contribution is 5.89. The van der Waals surface area contributed by atoms with Crippen LogP contribution in [0.15, 0.2) is 35.3 Å². The number of rotatable bonds is 8. The van der Waals surface area contributed by atoms with Gasteiger partial charge in [0.1, 0.15) is 24.2 Å². The first-order valence-corrected chi connectivity index (χ1v) is 11.9. The first-order chi connectivity index (χ1) is 17.4. The molecule has 1 aromatic carbocycles. The number of nitrogens with one attached hydrogen (secondary N) is 1. The van der Waals surface area contributed by atoms with E-state index in [9.17, 15) is 18.8 Å². The maximum atomic E-state index is 14.7. The van der Waals surface area contributed by atoms with E-state index in [2.05, 4.69) is 15.3 Å². The van der Waals surface area contributed by atoms with Gasteiger partial charge in [-0.05, 0) is 56.4 Å². The molecule has 1 atom stereocenters. The monoisotopic (exact) mass is 495 g/mol. The Kier molecular flexibility index (Phi) is 6.64. The number of Topliss-reactive ketones (excluding diaryl/α,β-unsaturated/α-hetero) is 1. The van der Waals surface area contributed by atoms with E-state index in [0.717, 1.165) is 5.39 Å². The summed E-state index contributed by atoms with van der Waals surface area (Å²) < 4.78 is 27.0. The number of amides is 1. The molecular formula is C25H26FN5O5. The Morgan fingerprint density at radius 3 is 2.83 bits per heavy atom. The molecule has 0 radical (unpaired) electrons. The number of hydrogen-bond acceptors (Lipinski definition) is 8. The molecule has 2 aliphatic rings. The minimum atomic E-state index is -0.521. The number of hydrogen-bond donors (Lipinski definition) is 1. The summed E-state index contributed by atoms with van der Waals surface area (Å²) in [7, 11) is 0. The molecule has 5 rings (SSSR count). The van der Waals surface area contributed by atoms with E-state index in [4.69, 9.17) is 9.47 Å². The van der Waals surface area contributed by atoms with Crippen molar-refractivity contribution in [1.29, 1.82) is 0 Å². The molecule has 188 valence electrons. The molecule has 0 aliphatic carbocycles. The lowest BCUT2D eigenvalue weighted by molar-refractivity contribution is -0.121. The number of anilines is 1. The first kappa shape index (κ1) is 23.9. The average molecular weight is 496 g/mol. The van der Waals surface area contributed by atoms with Crippen LogP contribution in [0.2, 0.25) is 0 Å². The Bertz CT molecular complexity index is 1390. The van der Waals surface area contributed by atoms with E-state index < -0.39 is 6.09 Å². The molecule has 3 aromatic rings. The predicted molar refractivity (Wildman–Crippen MR) is 129 cm³/mol. The second kappa shape index (κ2) is 10.0. The fourth-order valence-corrected chi connectivity index (χ4v) is 4.61. The fourth-order valence-electron chi connectivity index (χ4n) is 4.61. The second-order valence-corrected chi connectivity index (χ2v) is 8.77. The predicted octanol–water partition coefficient (Wildman–Crippen LogP) is 2.00. The number of carbonyl (C=O) groups excluding carboxylic acids is 2. The van der Waals surface area contributed by atoms with E-state index in [1.165, 1.54) is 23.2 Å². The second-order valence-electron chi connectivity index (χ2n) is 8.77. The van der Waals surface area contributed by atoms with Crippen molar-refractivity contribution in [2.75, 3.05) is 31.1 Å². The Hall–Kier alpha value is -3.86. The quantitative estimate of drug-likeness (QED) is 0.472. The summed E-state index contributed by atoms with van der Waals surface area (Å²) in [6.45, 7) is 3.66. The van der Waals surface area contributed by atoms with Gasteiger partial charge in [0, 0.05) is 18.2 Å². The number of halogens is 1. The number of fused-ring (bicyclic) bond motifs is 2. The van der Waals surface area contributed by atoms with Crippen molar-refractivity contribution in [2.45, 2.75) is 38.8 Å². The molecule has 11 heteroatoms. The minimum Gasteiger partial charge on any atom is -0.468 e. The molecule has 0 spiro atoms. The third-order valence-electron chi connectivity index (χ3n) is 6.39. The van der Waals surface area contributed by atoms with Crippen LogP contribution in [0.25, 0.3) is 10.9 Å². The van der Waals surface area contributed by atoms with E-state index in [-0.39, 0.29) is 36.3 Å². The Labute approximate surface area is 206 Å². The van der Waals surface area contributed by atoms with Crippen molar-refractivity contribution in [1.82, 2.24) is 19.9 Å². The van der Waals surface area contributed by atoms with Crippen molar-refractivity contribution in [3.63, 3.8) is 0 Å². The summed E-state index contributed by atoms with van der Waals surface area (Å²) in [6, 6.07) is 6.34. The van der Waals surface area contributed by atoms with Crippen molar-refractivity contribution in [3.8, 4) is 5.88 Å². The average Bonchev–Trinajstić information content (AvgIpc) is 3.24. The van der Waals surface area contributed by atoms with E-state index >= 15 is 0 Å². The van der Waals surface area contributed by atoms with Gasteiger partial charge in [0.05, 0.1) is 24.7 Å². The van der Waals surface area contributed by atoms with Crippen molar-refractivity contribution < 1.29 is 23.5 Å². The Morgan fingerprint density at radius 2 is 2.00 bits per heavy atom. The van der Waals surface area contributed by atoms with Gasteiger partial charge >= 0.3 is 6.09 Å². The summed E-state index contributed by atoms with van der Waals surface area (Å²) >= 11 is 0. The molecule has 1 fully saturated rings. The number of ether oxygens (including phenoxy) is 2. The van der Waals surface area contributed by atoms with Crippen LogP contribution in [0.1, 0.15) is 24.6 Å². The number of pyridine rings is 1. The molecular weight excluding hydrogens is 469 g/mol. The van der Waals surface area contributed by atoms with Crippen LogP contribution in [0.4, 0.5) is 15.0 Å². The molecule has 2 aromatic heterocycles. The van der Waals surface area contributed by atoms with E-state index in [1.54, 1.807) is 16.7 Å². The van der Waals surface area contributed by atoms with Gasteiger partial charge in [-0.3, -0.25) is 14.5 Å². The maximum absolute atomic E-state index is 14.7. The number of aryl methyl sites for hydroxylation is 1. The molecule has 2 aliphatic heterocycles. The summed E-state index contributed by atoms with van der Waals surface area (Å²) in [5, 5.41) is 4.10. The highest BCUT2D eigenvalue weighted by Gasteiger charge is 2.34. The van der Waals surface area contributed by atoms with Gasteiger partial charge in [0.2, 0.25) is 5.88 Å². The van der Waals surface area contributed by atoms with Gasteiger partial charge in [0.15, 0.2) is 11.6 Å². The van der Waals surface area contributed by atoms with Crippen molar-refractivity contribution in [2.24, 2.45) is 0 Å². The molecule has 36 heavy (non-hydrogen) atoms. The number of nitrogens with zero attached hydrogens (tertiary/aromatic N) is 4. The van der Waals surface area contributed by atoms with Gasteiger partial charge in [0.25, 0.3) is 5.56 Å².